The molecular weight excluding hydrogens is 356 g/mol. The Morgan fingerprint density at radius 1 is 1.04 bits per heavy atom. The van der Waals surface area contributed by atoms with E-state index in [9.17, 15) is 8.78 Å². The lowest BCUT2D eigenvalue weighted by molar-refractivity contribution is 0.405. The van der Waals surface area contributed by atoms with Crippen molar-refractivity contribution >= 4 is 5.57 Å². The molecule has 3 heterocycles. The second-order valence-corrected chi connectivity index (χ2v) is 6.79. The Labute approximate surface area is 162 Å². The van der Waals surface area contributed by atoms with Crippen LogP contribution in [-0.2, 0) is 6.54 Å². The van der Waals surface area contributed by atoms with Gasteiger partial charge in [0.05, 0.1) is 0 Å². The summed E-state index contributed by atoms with van der Waals surface area (Å²) in [5, 5.41) is 0. The molecule has 5 heteroatoms. The highest BCUT2D eigenvalue weighted by Gasteiger charge is 2.12. The first-order chi connectivity index (χ1) is 13.6. The molecule has 0 saturated carbocycles. The Kier molecular flexibility index (Phi) is 4.98. The predicted octanol–water partition coefficient (Wildman–Crippen LogP) is 5.14. The molecule has 0 amide bonds. The molecule has 0 radical (unpaired) electrons. The second-order valence-electron chi connectivity index (χ2n) is 6.79. The van der Waals surface area contributed by atoms with Crippen LogP contribution < -0.4 is 0 Å². The Bertz CT molecular complexity index is 1070. The molecule has 0 saturated heterocycles. The molecular formula is C23H19F2N3. The van der Waals surface area contributed by atoms with Crippen molar-refractivity contribution in [1.82, 2.24) is 14.9 Å². The van der Waals surface area contributed by atoms with E-state index in [1.165, 1.54) is 18.2 Å². The molecule has 1 aliphatic rings. The lowest BCUT2D eigenvalue weighted by Crippen LogP contribution is -2.19. The Balaban J connectivity index is 1.54. The molecule has 0 bridgehead atoms. The maximum atomic E-state index is 14.6. The van der Waals surface area contributed by atoms with Crippen LogP contribution in [0.1, 0.15) is 16.8 Å². The smallest absolute Gasteiger partial charge is 0.149 e. The third kappa shape index (κ3) is 3.98. The van der Waals surface area contributed by atoms with Crippen molar-refractivity contribution in [2.45, 2.75) is 13.5 Å². The Morgan fingerprint density at radius 3 is 2.71 bits per heavy atom. The van der Waals surface area contributed by atoms with Crippen LogP contribution in [0.4, 0.5) is 8.78 Å². The minimum Gasteiger partial charge on any atom is -0.369 e. The molecule has 2 aromatic heterocycles. The minimum atomic E-state index is -0.356. The summed E-state index contributed by atoms with van der Waals surface area (Å²) in [5.41, 5.74) is 4.36. The fraction of sp³-hybridized carbons (Fsp3) is 0.130. The maximum absolute atomic E-state index is 14.6. The highest BCUT2D eigenvalue weighted by atomic mass is 19.1. The number of hydrogen-bond acceptors (Lipinski definition) is 3. The van der Waals surface area contributed by atoms with Gasteiger partial charge in [0.15, 0.2) is 0 Å². The molecule has 0 spiro atoms. The van der Waals surface area contributed by atoms with Crippen LogP contribution in [0, 0.1) is 18.6 Å². The summed E-state index contributed by atoms with van der Waals surface area (Å²) in [6, 6.07) is 11.6. The fourth-order valence-electron chi connectivity index (χ4n) is 3.26. The zero-order chi connectivity index (χ0) is 19.5. The van der Waals surface area contributed by atoms with Gasteiger partial charge in [-0.05, 0) is 54.0 Å². The van der Waals surface area contributed by atoms with Crippen molar-refractivity contribution in [2.24, 2.45) is 0 Å². The van der Waals surface area contributed by atoms with Gasteiger partial charge in [-0.2, -0.15) is 0 Å². The normalized spacial score (nSPS) is 13.5. The standard InChI is InChI=1S/C23H19F2N3/c1-16-10-19(7-8-26-16)23-22(25)11-17(13-27-23)14-28-9-3-5-20(15-28)18-4-2-6-21(24)12-18/h2-8,10-13,15H,9,14H2,1H3. The number of rotatable bonds is 4. The molecule has 0 unspecified atom stereocenters. The van der Waals surface area contributed by atoms with Gasteiger partial charge in [-0.15, -0.1) is 0 Å². The number of halogens is 2. The van der Waals surface area contributed by atoms with Crippen LogP contribution >= 0.6 is 0 Å². The van der Waals surface area contributed by atoms with E-state index in [1.807, 2.05) is 42.3 Å². The van der Waals surface area contributed by atoms with E-state index in [0.717, 1.165) is 22.4 Å². The Hall–Kier alpha value is -3.34. The SMILES string of the molecule is Cc1cc(-c2ncc(CN3C=C(c4cccc(F)c4)C=CC3)cc2F)ccn1. The van der Waals surface area contributed by atoms with Crippen LogP contribution in [0.15, 0.2) is 73.2 Å². The zero-order valence-corrected chi connectivity index (χ0v) is 15.4. The molecule has 3 nitrogen and oxygen atoms in total. The van der Waals surface area contributed by atoms with Crippen molar-refractivity contribution in [1.29, 1.82) is 0 Å². The van der Waals surface area contributed by atoms with Gasteiger partial charge in [0.2, 0.25) is 0 Å². The highest BCUT2D eigenvalue weighted by Crippen LogP contribution is 2.24. The molecule has 0 N–H and O–H groups in total. The van der Waals surface area contributed by atoms with Gasteiger partial charge < -0.3 is 4.90 Å². The first-order valence-electron chi connectivity index (χ1n) is 9.04. The van der Waals surface area contributed by atoms with Gasteiger partial charge >= 0.3 is 0 Å². The van der Waals surface area contributed by atoms with E-state index in [0.29, 0.717) is 24.3 Å². The van der Waals surface area contributed by atoms with E-state index in [4.69, 9.17) is 0 Å². The van der Waals surface area contributed by atoms with Crippen molar-refractivity contribution < 1.29 is 8.78 Å². The summed E-state index contributed by atoms with van der Waals surface area (Å²) < 4.78 is 28.1. The van der Waals surface area contributed by atoms with E-state index >= 15 is 0 Å². The summed E-state index contributed by atoms with van der Waals surface area (Å²) in [7, 11) is 0. The highest BCUT2D eigenvalue weighted by molar-refractivity contribution is 5.74. The van der Waals surface area contributed by atoms with E-state index in [2.05, 4.69) is 9.97 Å². The van der Waals surface area contributed by atoms with Crippen molar-refractivity contribution in [3.8, 4) is 11.3 Å². The third-order valence-corrected chi connectivity index (χ3v) is 4.57. The summed E-state index contributed by atoms with van der Waals surface area (Å²) in [5.74, 6) is -0.623. The quantitative estimate of drug-likeness (QED) is 0.632. The van der Waals surface area contributed by atoms with E-state index in [1.54, 1.807) is 24.5 Å². The number of hydrogen-bond donors (Lipinski definition) is 0. The van der Waals surface area contributed by atoms with Crippen LogP contribution in [0.3, 0.4) is 0 Å². The number of aromatic nitrogens is 2. The lowest BCUT2D eigenvalue weighted by Gasteiger charge is -2.23. The monoisotopic (exact) mass is 375 g/mol. The summed E-state index contributed by atoms with van der Waals surface area (Å²) in [6.45, 7) is 3.08. The fourth-order valence-corrected chi connectivity index (χ4v) is 3.26. The van der Waals surface area contributed by atoms with Crippen LogP contribution in [0.5, 0.6) is 0 Å². The summed E-state index contributed by atoms with van der Waals surface area (Å²) in [4.78, 5) is 10.5. The van der Waals surface area contributed by atoms with Gasteiger partial charge in [0, 0.05) is 42.9 Å². The van der Waals surface area contributed by atoms with Crippen molar-refractivity contribution in [3.05, 3.63) is 102 Å². The average Bonchev–Trinajstić information content (AvgIpc) is 2.68. The molecule has 28 heavy (non-hydrogen) atoms. The molecule has 1 aromatic carbocycles. The maximum Gasteiger partial charge on any atom is 0.149 e. The minimum absolute atomic E-state index is 0.267. The topological polar surface area (TPSA) is 29.0 Å². The first-order valence-corrected chi connectivity index (χ1v) is 9.04. The van der Waals surface area contributed by atoms with Crippen molar-refractivity contribution in [3.63, 3.8) is 0 Å². The number of nitrogens with zero attached hydrogens (tertiary/aromatic N) is 3. The summed E-state index contributed by atoms with van der Waals surface area (Å²) >= 11 is 0. The molecule has 140 valence electrons. The molecule has 0 fully saturated rings. The van der Waals surface area contributed by atoms with Crippen LogP contribution in [0.2, 0.25) is 0 Å². The van der Waals surface area contributed by atoms with Crippen molar-refractivity contribution in [2.75, 3.05) is 6.54 Å². The van der Waals surface area contributed by atoms with Gasteiger partial charge in [-0.25, -0.2) is 8.78 Å². The lowest BCUT2D eigenvalue weighted by atomic mass is 10.0. The second kappa shape index (κ2) is 7.72. The Morgan fingerprint density at radius 2 is 1.93 bits per heavy atom. The van der Waals surface area contributed by atoms with Gasteiger partial charge in [0.1, 0.15) is 17.3 Å². The van der Waals surface area contributed by atoms with Crippen LogP contribution in [-0.4, -0.2) is 21.4 Å². The predicted molar refractivity (Wildman–Crippen MR) is 106 cm³/mol. The van der Waals surface area contributed by atoms with Gasteiger partial charge in [-0.3, -0.25) is 9.97 Å². The average molecular weight is 375 g/mol. The van der Waals surface area contributed by atoms with Gasteiger partial charge in [-0.1, -0.05) is 24.3 Å². The number of benzene rings is 1. The molecule has 0 aliphatic carbocycles. The number of allylic oxidation sites excluding steroid dienone is 2. The molecule has 0 atom stereocenters. The van der Waals surface area contributed by atoms with E-state index < -0.39 is 0 Å². The van der Waals surface area contributed by atoms with Gasteiger partial charge in [0.25, 0.3) is 0 Å². The van der Waals surface area contributed by atoms with Crippen LogP contribution in [0.25, 0.3) is 16.8 Å². The molecule has 1 aliphatic heterocycles. The molecule has 3 aromatic rings. The van der Waals surface area contributed by atoms with E-state index in [-0.39, 0.29) is 11.6 Å². The largest absolute Gasteiger partial charge is 0.369 e. The zero-order valence-electron chi connectivity index (χ0n) is 15.4. The first kappa shape index (κ1) is 18.0. The number of pyridine rings is 2. The summed E-state index contributed by atoms with van der Waals surface area (Å²) in [6.07, 6.45) is 9.30. The third-order valence-electron chi connectivity index (χ3n) is 4.57. The molecule has 4 rings (SSSR count). The number of aryl methyl sites for hydroxylation is 1.